The first-order valence-corrected chi connectivity index (χ1v) is 9.69. The molecule has 3 N–H and O–H groups in total. The molecule has 2 aliphatic rings. The van der Waals surface area contributed by atoms with Crippen molar-refractivity contribution < 1.29 is 9.59 Å². The van der Waals surface area contributed by atoms with Crippen LogP contribution in [0.2, 0.25) is 0 Å². The molecule has 2 aliphatic heterocycles. The maximum absolute atomic E-state index is 12.0. The highest BCUT2D eigenvalue weighted by molar-refractivity contribution is 7.99. The summed E-state index contributed by atoms with van der Waals surface area (Å²) < 4.78 is 0. The molecule has 2 heterocycles. The Bertz CT molecular complexity index is 596. The lowest BCUT2D eigenvalue weighted by atomic mass is 10.2. The van der Waals surface area contributed by atoms with E-state index in [1.807, 2.05) is 24.3 Å². The zero-order valence-electron chi connectivity index (χ0n) is 14.5. The fourth-order valence-electron chi connectivity index (χ4n) is 2.88. The van der Waals surface area contributed by atoms with Crippen molar-refractivity contribution in [3.05, 3.63) is 24.3 Å². The van der Waals surface area contributed by atoms with Gasteiger partial charge in [0, 0.05) is 49.2 Å². The minimum absolute atomic E-state index is 0.0120. The smallest absolute Gasteiger partial charge is 0.243 e. The number of carbonyl (C=O) groups excluding carboxylic acids is 2. The molecule has 25 heavy (non-hydrogen) atoms. The van der Waals surface area contributed by atoms with Gasteiger partial charge in [-0.25, -0.2) is 0 Å². The number of piperazine rings is 1. The van der Waals surface area contributed by atoms with Gasteiger partial charge in [-0.3, -0.25) is 14.9 Å². The van der Waals surface area contributed by atoms with Gasteiger partial charge in [0.15, 0.2) is 0 Å². The summed E-state index contributed by atoms with van der Waals surface area (Å²) in [5.74, 6) is 1.20. The highest BCUT2D eigenvalue weighted by atomic mass is 32.2. The average molecular weight is 363 g/mol. The number of nitrogens with one attached hydrogen (secondary N) is 3. The molecule has 2 fully saturated rings. The van der Waals surface area contributed by atoms with Crippen molar-refractivity contribution in [2.45, 2.75) is 6.04 Å². The van der Waals surface area contributed by atoms with Crippen LogP contribution in [0.3, 0.4) is 0 Å². The number of nitrogens with zero attached hydrogens (tertiary/aromatic N) is 2. The summed E-state index contributed by atoms with van der Waals surface area (Å²) in [5.41, 5.74) is 1.91. The number of amides is 2. The van der Waals surface area contributed by atoms with Gasteiger partial charge < -0.3 is 20.4 Å². The van der Waals surface area contributed by atoms with Crippen LogP contribution >= 0.6 is 11.8 Å². The van der Waals surface area contributed by atoms with Crippen LogP contribution in [0, 0.1) is 0 Å². The highest BCUT2D eigenvalue weighted by Crippen LogP contribution is 2.19. The second-order valence-corrected chi connectivity index (χ2v) is 7.41. The van der Waals surface area contributed by atoms with Crippen LogP contribution in [0.25, 0.3) is 0 Å². The van der Waals surface area contributed by atoms with Crippen molar-refractivity contribution in [1.29, 1.82) is 0 Å². The van der Waals surface area contributed by atoms with Gasteiger partial charge in [-0.05, 0) is 31.3 Å². The van der Waals surface area contributed by atoms with Crippen LogP contribution in [0.15, 0.2) is 24.3 Å². The zero-order chi connectivity index (χ0) is 17.6. The Morgan fingerprint density at radius 2 is 1.92 bits per heavy atom. The molecular formula is C17H25N5O2S. The minimum atomic E-state index is -0.216. The molecule has 136 valence electrons. The van der Waals surface area contributed by atoms with E-state index in [1.165, 1.54) is 5.69 Å². The summed E-state index contributed by atoms with van der Waals surface area (Å²) in [7, 11) is 2.14. The van der Waals surface area contributed by atoms with E-state index in [9.17, 15) is 9.59 Å². The number of likely N-dealkylation sites (N-methyl/N-ethyl adjacent to an activating group) is 1. The number of anilines is 2. The highest BCUT2D eigenvalue weighted by Gasteiger charge is 2.22. The predicted octanol–water partition coefficient (Wildman–Crippen LogP) is 0.156. The Kier molecular flexibility index (Phi) is 6.17. The predicted molar refractivity (Wildman–Crippen MR) is 102 cm³/mol. The molecule has 0 aliphatic carbocycles. The minimum Gasteiger partial charge on any atom is -0.369 e. The SMILES string of the molecule is CN1CCN(c2ccc(NC(=O)CNC(=O)C3CSCN3)cc2)CC1. The van der Waals surface area contributed by atoms with Gasteiger partial charge in [0.25, 0.3) is 0 Å². The van der Waals surface area contributed by atoms with E-state index < -0.39 is 0 Å². The summed E-state index contributed by atoms with van der Waals surface area (Å²) in [6.07, 6.45) is 0. The summed E-state index contributed by atoms with van der Waals surface area (Å²) in [5, 5.41) is 8.57. The van der Waals surface area contributed by atoms with Crippen LogP contribution in [0.1, 0.15) is 0 Å². The van der Waals surface area contributed by atoms with E-state index in [0.717, 1.165) is 43.5 Å². The standard InChI is InChI=1S/C17H25N5O2S/c1-21-6-8-22(9-7-21)14-4-2-13(3-5-14)20-16(23)10-18-17(24)15-11-25-12-19-15/h2-5,15,19H,6-12H2,1H3,(H,18,24)(H,20,23). The Morgan fingerprint density at radius 1 is 1.20 bits per heavy atom. The van der Waals surface area contributed by atoms with Gasteiger partial charge in [-0.15, -0.1) is 11.8 Å². The summed E-state index contributed by atoms with van der Waals surface area (Å²) in [6, 6.07) is 7.67. The molecule has 0 spiro atoms. The van der Waals surface area contributed by atoms with Gasteiger partial charge in [-0.2, -0.15) is 0 Å². The van der Waals surface area contributed by atoms with E-state index in [0.29, 0.717) is 0 Å². The van der Waals surface area contributed by atoms with Crippen molar-refractivity contribution in [1.82, 2.24) is 15.5 Å². The fourth-order valence-corrected chi connectivity index (χ4v) is 3.82. The maximum atomic E-state index is 12.0. The second-order valence-electron chi connectivity index (χ2n) is 6.38. The molecule has 0 aromatic heterocycles. The van der Waals surface area contributed by atoms with Crippen LogP contribution in [-0.2, 0) is 9.59 Å². The molecule has 3 rings (SSSR count). The monoisotopic (exact) mass is 363 g/mol. The van der Waals surface area contributed by atoms with Crippen molar-refractivity contribution >= 4 is 35.0 Å². The van der Waals surface area contributed by atoms with Gasteiger partial charge in [0.05, 0.1) is 12.6 Å². The summed E-state index contributed by atoms with van der Waals surface area (Å²) >= 11 is 1.68. The van der Waals surface area contributed by atoms with Crippen LogP contribution in [0.5, 0.6) is 0 Å². The number of thioether (sulfide) groups is 1. The molecule has 1 atom stereocenters. The zero-order valence-corrected chi connectivity index (χ0v) is 15.3. The molecule has 2 saturated heterocycles. The van der Waals surface area contributed by atoms with Crippen LogP contribution in [0.4, 0.5) is 11.4 Å². The van der Waals surface area contributed by atoms with Gasteiger partial charge >= 0.3 is 0 Å². The molecule has 8 heteroatoms. The largest absolute Gasteiger partial charge is 0.369 e. The van der Waals surface area contributed by atoms with E-state index in [4.69, 9.17) is 0 Å². The van der Waals surface area contributed by atoms with Gasteiger partial charge in [0.2, 0.25) is 11.8 Å². The number of hydrogen-bond donors (Lipinski definition) is 3. The molecule has 1 aromatic rings. The molecule has 1 unspecified atom stereocenters. The lowest BCUT2D eigenvalue weighted by molar-refractivity contribution is -0.125. The summed E-state index contributed by atoms with van der Waals surface area (Å²) in [4.78, 5) is 28.5. The molecule has 0 radical (unpaired) electrons. The topological polar surface area (TPSA) is 76.7 Å². The molecule has 7 nitrogen and oxygen atoms in total. The Labute approximate surface area is 152 Å². The third-order valence-corrected chi connectivity index (χ3v) is 5.42. The van der Waals surface area contributed by atoms with Crippen LogP contribution < -0.4 is 20.9 Å². The number of benzene rings is 1. The number of rotatable bonds is 5. The van der Waals surface area contributed by atoms with Gasteiger partial charge in [0.1, 0.15) is 0 Å². The second kappa shape index (κ2) is 8.55. The van der Waals surface area contributed by atoms with E-state index in [1.54, 1.807) is 11.8 Å². The number of hydrogen-bond acceptors (Lipinski definition) is 6. The first kappa shape index (κ1) is 18.0. The van der Waals surface area contributed by atoms with Crippen LogP contribution in [-0.4, -0.2) is 74.2 Å². The van der Waals surface area contributed by atoms with Crippen molar-refractivity contribution in [3.63, 3.8) is 0 Å². The maximum Gasteiger partial charge on any atom is 0.243 e. The van der Waals surface area contributed by atoms with Crippen molar-refractivity contribution in [2.24, 2.45) is 0 Å². The Balaban J connectivity index is 1.44. The Morgan fingerprint density at radius 3 is 2.56 bits per heavy atom. The van der Waals surface area contributed by atoms with E-state index in [-0.39, 0.29) is 24.4 Å². The Hall–Kier alpha value is -1.77. The molecule has 0 saturated carbocycles. The summed E-state index contributed by atoms with van der Waals surface area (Å²) in [6.45, 7) is 4.14. The molecule has 2 amide bonds. The molecule has 1 aromatic carbocycles. The first-order chi connectivity index (χ1) is 12.1. The van der Waals surface area contributed by atoms with E-state index in [2.05, 4.69) is 32.8 Å². The third-order valence-electron chi connectivity index (χ3n) is 4.48. The number of carbonyl (C=O) groups is 2. The average Bonchev–Trinajstić information content (AvgIpc) is 3.16. The lowest BCUT2D eigenvalue weighted by Gasteiger charge is -2.34. The van der Waals surface area contributed by atoms with E-state index >= 15 is 0 Å². The molecule has 0 bridgehead atoms. The normalized spacial score (nSPS) is 21.2. The molecular weight excluding hydrogens is 338 g/mol. The quantitative estimate of drug-likeness (QED) is 0.692. The fraction of sp³-hybridized carbons (Fsp3) is 0.529. The van der Waals surface area contributed by atoms with Gasteiger partial charge in [-0.1, -0.05) is 0 Å². The lowest BCUT2D eigenvalue weighted by Crippen LogP contribution is -2.44. The van der Waals surface area contributed by atoms with Crippen molar-refractivity contribution in [3.8, 4) is 0 Å². The third kappa shape index (κ3) is 5.10. The van der Waals surface area contributed by atoms with Crippen molar-refractivity contribution in [2.75, 3.05) is 61.6 Å². The first-order valence-electron chi connectivity index (χ1n) is 8.54.